The number of aliphatic imine (C=N–C) groups is 1. The number of guanidine groups is 1. The third kappa shape index (κ3) is 7.46. The number of ether oxygens (including phenoxy) is 1. The summed E-state index contributed by atoms with van der Waals surface area (Å²) < 4.78 is 6.63. The molecule has 0 amide bonds. The van der Waals surface area contributed by atoms with Gasteiger partial charge in [-0.1, -0.05) is 22.0 Å². The standard InChI is InChI=1S/C21H33BrN4O.HI/c1-3-23-21(24-13-18-4-5-19(22)12-16(18)2)25-20-6-9-26(10-7-20)14-17-8-11-27-15-17;/h4-5,12,17,20H,3,6-11,13-15H2,1-2H3,(H2,23,24,25);1H. The predicted molar refractivity (Wildman–Crippen MR) is 131 cm³/mol. The minimum Gasteiger partial charge on any atom is -0.381 e. The minimum atomic E-state index is 0. The van der Waals surface area contributed by atoms with E-state index in [-0.39, 0.29) is 24.0 Å². The number of likely N-dealkylation sites (tertiary alicyclic amines) is 1. The van der Waals surface area contributed by atoms with Crippen LogP contribution in [0.25, 0.3) is 0 Å². The number of nitrogens with one attached hydrogen (secondary N) is 2. The number of hydrogen-bond donors (Lipinski definition) is 2. The van der Waals surface area contributed by atoms with Crippen molar-refractivity contribution in [3.63, 3.8) is 0 Å². The van der Waals surface area contributed by atoms with Crippen LogP contribution in [0.5, 0.6) is 0 Å². The van der Waals surface area contributed by atoms with Gasteiger partial charge in [-0.15, -0.1) is 24.0 Å². The van der Waals surface area contributed by atoms with E-state index in [9.17, 15) is 0 Å². The summed E-state index contributed by atoms with van der Waals surface area (Å²) in [5.41, 5.74) is 2.54. The predicted octanol–water partition coefficient (Wildman–Crippen LogP) is 3.93. The molecule has 28 heavy (non-hydrogen) atoms. The Kier molecular flexibility index (Phi) is 10.5. The Morgan fingerprint density at radius 1 is 1.29 bits per heavy atom. The summed E-state index contributed by atoms with van der Waals surface area (Å²) in [5, 5.41) is 7.05. The van der Waals surface area contributed by atoms with Gasteiger partial charge in [0.2, 0.25) is 0 Å². The molecule has 2 aliphatic rings. The molecule has 0 spiro atoms. The summed E-state index contributed by atoms with van der Waals surface area (Å²) in [4.78, 5) is 7.42. The number of nitrogens with zero attached hydrogens (tertiary/aromatic N) is 2. The Morgan fingerprint density at radius 3 is 2.71 bits per heavy atom. The summed E-state index contributed by atoms with van der Waals surface area (Å²) in [5.74, 6) is 1.67. The molecule has 5 nitrogen and oxygen atoms in total. The van der Waals surface area contributed by atoms with Crippen LogP contribution in [0.15, 0.2) is 27.7 Å². The fraction of sp³-hybridized carbons (Fsp3) is 0.667. The molecule has 3 rings (SSSR count). The quantitative estimate of drug-likeness (QED) is 0.312. The van der Waals surface area contributed by atoms with Crippen molar-refractivity contribution in [3.8, 4) is 0 Å². The van der Waals surface area contributed by atoms with Crippen LogP contribution in [0.1, 0.15) is 37.3 Å². The van der Waals surface area contributed by atoms with E-state index in [2.05, 4.69) is 63.5 Å². The van der Waals surface area contributed by atoms with Gasteiger partial charge >= 0.3 is 0 Å². The molecule has 158 valence electrons. The van der Waals surface area contributed by atoms with E-state index in [1.807, 2.05) is 0 Å². The topological polar surface area (TPSA) is 48.9 Å². The first-order chi connectivity index (χ1) is 13.1. The molecule has 2 fully saturated rings. The highest BCUT2D eigenvalue weighted by molar-refractivity contribution is 14.0. The van der Waals surface area contributed by atoms with Gasteiger partial charge in [-0.25, -0.2) is 4.99 Å². The van der Waals surface area contributed by atoms with Crippen molar-refractivity contribution in [2.75, 3.05) is 39.4 Å². The van der Waals surface area contributed by atoms with Crippen molar-refractivity contribution in [2.45, 2.75) is 45.7 Å². The number of rotatable bonds is 6. The van der Waals surface area contributed by atoms with Crippen molar-refractivity contribution >= 4 is 45.9 Å². The molecule has 0 aliphatic carbocycles. The Labute approximate surface area is 195 Å². The van der Waals surface area contributed by atoms with E-state index in [4.69, 9.17) is 9.73 Å². The zero-order chi connectivity index (χ0) is 19.1. The maximum absolute atomic E-state index is 5.51. The molecule has 2 N–H and O–H groups in total. The first kappa shape index (κ1) is 23.9. The van der Waals surface area contributed by atoms with Crippen LogP contribution in [0.2, 0.25) is 0 Å². The van der Waals surface area contributed by atoms with E-state index in [1.54, 1.807) is 0 Å². The van der Waals surface area contributed by atoms with Crippen molar-refractivity contribution in [1.29, 1.82) is 0 Å². The van der Waals surface area contributed by atoms with Crippen molar-refractivity contribution in [3.05, 3.63) is 33.8 Å². The van der Waals surface area contributed by atoms with Gasteiger partial charge in [-0.05, 0) is 62.3 Å². The fourth-order valence-corrected chi connectivity index (χ4v) is 4.34. The Morgan fingerprint density at radius 2 is 2.07 bits per heavy atom. The molecule has 1 atom stereocenters. The molecule has 0 saturated carbocycles. The molecule has 1 aromatic carbocycles. The average Bonchev–Trinajstić information content (AvgIpc) is 3.16. The first-order valence-electron chi connectivity index (χ1n) is 10.2. The van der Waals surface area contributed by atoms with E-state index in [0.717, 1.165) is 36.1 Å². The smallest absolute Gasteiger partial charge is 0.191 e. The third-order valence-electron chi connectivity index (χ3n) is 5.53. The van der Waals surface area contributed by atoms with Gasteiger partial charge in [0, 0.05) is 43.3 Å². The molecule has 2 aliphatic heterocycles. The van der Waals surface area contributed by atoms with E-state index < -0.39 is 0 Å². The Balaban J connectivity index is 0.00000280. The van der Waals surface area contributed by atoms with Crippen molar-refractivity contribution in [1.82, 2.24) is 15.5 Å². The molecule has 7 heteroatoms. The number of aryl methyl sites for hydroxylation is 1. The summed E-state index contributed by atoms with van der Waals surface area (Å²) in [6.07, 6.45) is 3.58. The Hall–Kier alpha value is -0.380. The summed E-state index contributed by atoms with van der Waals surface area (Å²) in [6, 6.07) is 6.89. The van der Waals surface area contributed by atoms with Gasteiger partial charge in [0.25, 0.3) is 0 Å². The van der Waals surface area contributed by atoms with Gasteiger partial charge in [0.05, 0.1) is 13.2 Å². The second-order valence-electron chi connectivity index (χ2n) is 7.71. The summed E-state index contributed by atoms with van der Waals surface area (Å²) >= 11 is 3.53. The molecule has 1 aromatic rings. The van der Waals surface area contributed by atoms with Gasteiger partial charge in [-0.3, -0.25) is 0 Å². The fourth-order valence-electron chi connectivity index (χ4n) is 3.87. The van der Waals surface area contributed by atoms with Gasteiger partial charge < -0.3 is 20.3 Å². The highest BCUT2D eigenvalue weighted by Gasteiger charge is 2.24. The minimum absolute atomic E-state index is 0. The molecule has 0 radical (unpaired) electrons. The van der Waals surface area contributed by atoms with Crippen LogP contribution >= 0.6 is 39.9 Å². The van der Waals surface area contributed by atoms with Gasteiger partial charge in [0.1, 0.15) is 0 Å². The molecule has 0 aromatic heterocycles. The average molecular weight is 565 g/mol. The maximum Gasteiger partial charge on any atom is 0.191 e. The lowest BCUT2D eigenvalue weighted by atomic mass is 10.0. The molecule has 2 heterocycles. The lowest BCUT2D eigenvalue weighted by Crippen LogP contribution is -2.49. The van der Waals surface area contributed by atoms with Crippen LogP contribution in [-0.2, 0) is 11.3 Å². The second kappa shape index (κ2) is 12.3. The van der Waals surface area contributed by atoms with Crippen LogP contribution in [0, 0.1) is 12.8 Å². The second-order valence-corrected chi connectivity index (χ2v) is 8.63. The van der Waals surface area contributed by atoms with E-state index >= 15 is 0 Å². The Bertz CT molecular complexity index is 629. The van der Waals surface area contributed by atoms with Crippen LogP contribution in [-0.4, -0.2) is 56.3 Å². The zero-order valence-corrected chi connectivity index (χ0v) is 21.0. The van der Waals surface area contributed by atoms with Gasteiger partial charge in [0.15, 0.2) is 5.96 Å². The monoisotopic (exact) mass is 564 g/mol. The number of halogens is 2. The number of hydrogen-bond acceptors (Lipinski definition) is 3. The van der Waals surface area contributed by atoms with E-state index in [1.165, 1.54) is 50.0 Å². The summed E-state index contributed by atoms with van der Waals surface area (Å²) in [7, 11) is 0. The molecular formula is C21H34BrIN4O. The molecule has 1 unspecified atom stereocenters. The third-order valence-corrected chi connectivity index (χ3v) is 6.02. The zero-order valence-electron chi connectivity index (χ0n) is 17.0. The number of piperidine rings is 1. The van der Waals surface area contributed by atoms with Crippen LogP contribution < -0.4 is 10.6 Å². The highest BCUT2D eigenvalue weighted by Crippen LogP contribution is 2.18. The van der Waals surface area contributed by atoms with Crippen molar-refractivity contribution < 1.29 is 4.74 Å². The van der Waals surface area contributed by atoms with Gasteiger partial charge in [-0.2, -0.15) is 0 Å². The van der Waals surface area contributed by atoms with Crippen LogP contribution in [0.4, 0.5) is 0 Å². The molecule has 2 saturated heterocycles. The molecule has 0 bridgehead atoms. The van der Waals surface area contributed by atoms with E-state index in [0.29, 0.717) is 12.6 Å². The lowest BCUT2D eigenvalue weighted by molar-refractivity contribution is 0.150. The highest BCUT2D eigenvalue weighted by atomic mass is 127. The van der Waals surface area contributed by atoms with Crippen molar-refractivity contribution in [2.24, 2.45) is 10.9 Å². The number of benzene rings is 1. The normalized spacial score (nSPS) is 21.4. The van der Waals surface area contributed by atoms with Crippen LogP contribution in [0.3, 0.4) is 0 Å². The lowest BCUT2D eigenvalue weighted by Gasteiger charge is -2.34. The SMILES string of the molecule is CCNC(=NCc1ccc(Br)cc1C)NC1CCN(CC2CCOC2)CC1.I. The summed E-state index contributed by atoms with van der Waals surface area (Å²) in [6.45, 7) is 11.3. The molecular weight excluding hydrogens is 531 g/mol. The first-order valence-corrected chi connectivity index (χ1v) is 11.0. The maximum atomic E-state index is 5.51. The largest absolute Gasteiger partial charge is 0.381 e.